The summed E-state index contributed by atoms with van der Waals surface area (Å²) < 4.78 is 10.3. The van der Waals surface area contributed by atoms with Crippen LogP contribution in [-0.2, 0) is 0 Å². The average Bonchev–Trinajstić information content (AvgIpc) is 2.43. The normalized spacial score (nSPS) is 10.4. The Morgan fingerprint density at radius 3 is 1.80 bits per heavy atom. The maximum absolute atomic E-state index is 10.1. The van der Waals surface area contributed by atoms with Gasteiger partial charge in [0.25, 0.3) is 0 Å². The average molecular weight is 274 g/mol. The van der Waals surface area contributed by atoms with Gasteiger partial charge in [0.15, 0.2) is 11.5 Å². The second kappa shape index (κ2) is 5.33. The van der Waals surface area contributed by atoms with E-state index in [2.05, 4.69) is 0 Å². The molecular formula is C16H18O4. The molecule has 4 nitrogen and oxygen atoms in total. The summed E-state index contributed by atoms with van der Waals surface area (Å²) in [5.41, 5.74) is 3.48. The van der Waals surface area contributed by atoms with Crippen molar-refractivity contribution in [2.45, 2.75) is 13.8 Å². The maximum Gasteiger partial charge on any atom is 0.200 e. The van der Waals surface area contributed by atoms with Crippen molar-refractivity contribution in [2.24, 2.45) is 0 Å². The van der Waals surface area contributed by atoms with Crippen molar-refractivity contribution in [3.63, 3.8) is 0 Å². The molecule has 2 aromatic carbocycles. The van der Waals surface area contributed by atoms with Crippen LogP contribution in [0.1, 0.15) is 11.1 Å². The molecule has 0 radical (unpaired) electrons. The van der Waals surface area contributed by atoms with Crippen LogP contribution in [0, 0.1) is 13.8 Å². The lowest BCUT2D eigenvalue weighted by Crippen LogP contribution is -1.92. The third-order valence-electron chi connectivity index (χ3n) is 3.40. The highest BCUT2D eigenvalue weighted by atomic mass is 16.5. The first kappa shape index (κ1) is 14.1. The zero-order chi connectivity index (χ0) is 14.9. The van der Waals surface area contributed by atoms with Gasteiger partial charge >= 0.3 is 0 Å². The van der Waals surface area contributed by atoms with Crippen molar-refractivity contribution >= 4 is 0 Å². The lowest BCUT2D eigenvalue weighted by Gasteiger charge is -2.13. The predicted molar refractivity (Wildman–Crippen MR) is 77.8 cm³/mol. The third kappa shape index (κ3) is 2.37. The molecular weight excluding hydrogens is 256 g/mol. The number of benzene rings is 2. The fraction of sp³-hybridized carbons (Fsp3) is 0.250. The van der Waals surface area contributed by atoms with E-state index >= 15 is 0 Å². The lowest BCUT2D eigenvalue weighted by molar-refractivity contribution is 0.340. The van der Waals surface area contributed by atoms with Crippen molar-refractivity contribution in [1.29, 1.82) is 0 Å². The maximum atomic E-state index is 10.1. The van der Waals surface area contributed by atoms with Gasteiger partial charge in [-0.2, -0.15) is 0 Å². The molecule has 0 aliphatic heterocycles. The van der Waals surface area contributed by atoms with Crippen LogP contribution in [0.25, 0.3) is 11.1 Å². The summed E-state index contributed by atoms with van der Waals surface area (Å²) in [6.07, 6.45) is 0. The van der Waals surface area contributed by atoms with Crippen LogP contribution in [0.4, 0.5) is 0 Å². The van der Waals surface area contributed by atoms with E-state index < -0.39 is 0 Å². The van der Waals surface area contributed by atoms with Gasteiger partial charge in [-0.3, -0.25) is 0 Å². The van der Waals surface area contributed by atoms with Gasteiger partial charge in [0.1, 0.15) is 5.75 Å². The Balaban J connectivity index is 2.66. The molecule has 2 aromatic rings. The molecule has 0 fully saturated rings. The number of hydrogen-bond acceptors (Lipinski definition) is 4. The summed E-state index contributed by atoms with van der Waals surface area (Å²) in [7, 11) is 2.94. The van der Waals surface area contributed by atoms with Crippen molar-refractivity contribution in [3.05, 3.63) is 35.4 Å². The van der Waals surface area contributed by atoms with E-state index in [0.717, 1.165) is 16.7 Å². The van der Waals surface area contributed by atoms with Gasteiger partial charge in [-0.25, -0.2) is 0 Å². The first-order valence-electron chi connectivity index (χ1n) is 6.23. The first-order valence-corrected chi connectivity index (χ1v) is 6.23. The number of methoxy groups -OCH3 is 2. The Morgan fingerprint density at radius 2 is 1.30 bits per heavy atom. The molecule has 0 aromatic heterocycles. The van der Waals surface area contributed by atoms with Gasteiger partial charge in [0, 0.05) is 5.56 Å². The summed E-state index contributed by atoms with van der Waals surface area (Å²) in [5.74, 6) is 0.735. The Hall–Kier alpha value is -2.36. The second-order valence-electron chi connectivity index (χ2n) is 4.68. The molecule has 0 saturated heterocycles. The van der Waals surface area contributed by atoms with Gasteiger partial charge in [0.05, 0.1) is 14.2 Å². The van der Waals surface area contributed by atoms with Gasteiger partial charge in [-0.15, -0.1) is 0 Å². The van der Waals surface area contributed by atoms with Crippen LogP contribution in [0.2, 0.25) is 0 Å². The smallest absolute Gasteiger partial charge is 0.200 e. The first-order chi connectivity index (χ1) is 9.47. The van der Waals surface area contributed by atoms with E-state index in [9.17, 15) is 10.2 Å². The number of phenols is 2. The Kier molecular flexibility index (Phi) is 3.74. The number of aromatic hydroxyl groups is 2. The predicted octanol–water partition coefficient (Wildman–Crippen LogP) is 3.40. The number of aryl methyl sites for hydroxylation is 2. The molecule has 4 heteroatoms. The number of ether oxygens (including phenoxy) is 2. The summed E-state index contributed by atoms with van der Waals surface area (Å²) in [6, 6.07) is 6.95. The molecule has 20 heavy (non-hydrogen) atoms. The van der Waals surface area contributed by atoms with Crippen LogP contribution >= 0.6 is 0 Å². The standard InChI is InChI=1S/C16H18O4/c1-9-5-12(13(17)6-10(9)2)11-7-14(19-3)16(18)15(8-11)20-4/h5-8,17-18H,1-4H3. The molecule has 0 atom stereocenters. The molecule has 106 valence electrons. The van der Waals surface area contributed by atoms with Crippen molar-refractivity contribution in [2.75, 3.05) is 14.2 Å². The van der Waals surface area contributed by atoms with E-state index in [-0.39, 0.29) is 11.5 Å². The zero-order valence-electron chi connectivity index (χ0n) is 12.0. The second-order valence-corrected chi connectivity index (χ2v) is 4.68. The topological polar surface area (TPSA) is 58.9 Å². The minimum absolute atomic E-state index is 0.0536. The lowest BCUT2D eigenvalue weighted by atomic mass is 9.98. The Morgan fingerprint density at radius 1 is 0.800 bits per heavy atom. The Bertz CT molecular complexity index is 622. The third-order valence-corrected chi connectivity index (χ3v) is 3.40. The molecule has 0 bridgehead atoms. The number of phenolic OH excluding ortho intramolecular Hbond substituents is 2. The quantitative estimate of drug-likeness (QED) is 0.900. The highest BCUT2D eigenvalue weighted by Crippen LogP contribution is 2.42. The molecule has 0 aliphatic carbocycles. The van der Waals surface area contributed by atoms with Crippen LogP contribution < -0.4 is 9.47 Å². The van der Waals surface area contributed by atoms with Crippen LogP contribution in [-0.4, -0.2) is 24.4 Å². The highest BCUT2D eigenvalue weighted by Gasteiger charge is 2.15. The molecule has 0 amide bonds. The molecule has 2 N–H and O–H groups in total. The molecule has 0 heterocycles. The molecule has 0 saturated carbocycles. The summed E-state index contributed by atoms with van der Waals surface area (Å²) >= 11 is 0. The van der Waals surface area contributed by atoms with Gasteiger partial charge in [-0.05, 0) is 54.8 Å². The fourth-order valence-electron chi connectivity index (χ4n) is 2.08. The van der Waals surface area contributed by atoms with Gasteiger partial charge in [0.2, 0.25) is 5.75 Å². The Labute approximate surface area is 118 Å². The zero-order valence-corrected chi connectivity index (χ0v) is 12.0. The van der Waals surface area contributed by atoms with E-state index in [1.54, 1.807) is 18.2 Å². The summed E-state index contributed by atoms with van der Waals surface area (Å²) in [6.45, 7) is 3.92. The van der Waals surface area contributed by atoms with Crippen molar-refractivity contribution < 1.29 is 19.7 Å². The van der Waals surface area contributed by atoms with Crippen molar-refractivity contribution in [1.82, 2.24) is 0 Å². The number of rotatable bonds is 3. The molecule has 0 spiro atoms. The van der Waals surface area contributed by atoms with E-state index in [4.69, 9.17) is 9.47 Å². The molecule has 0 unspecified atom stereocenters. The molecule has 2 rings (SSSR count). The minimum Gasteiger partial charge on any atom is -0.507 e. The molecule has 0 aliphatic rings. The monoisotopic (exact) mass is 274 g/mol. The van der Waals surface area contributed by atoms with E-state index in [0.29, 0.717) is 17.1 Å². The van der Waals surface area contributed by atoms with Gasteiger partial charge < -0.3 is 19.7 Å². The summed E-state index contributed by atoms with van der Waals surface area (Å²) in [4.78, 5) is 0. The van der Waals surface area contributed by atoms with Gasteiger partial charge in [-0.1, -0.05) is 0 Å². The summed E-state index contributed by atoms with van der Waals surface area (Å²) in [5, 5.41) is 20.0. The fourth-order valence-corrected chi connectivity index (χ4v) is 2.08. The minimum atomic E-state index is -0.0536. The van der Waals surface area contributed by atoms with E-state index in [1.807, 2.05) is 19.9 Å². The highest BCUT2D eigenvalue weighted by molar-refractivity contribution is 5.76. The number of hydrogen-bond donors (Lipinski definition) is 2. The van der Waals surface area contributed by atoms with Crippen LogP contribution in [0.5, 0.6) is 23.0 Å². The van der Waals surface area contributed by atoms with Crippen LogP contribution in [0.3, 0.4) is 0 Å². The van der Waals surface area contributed by atoms with E-state index in [1.165, 1.54) is 14.2 Å². The SMILES string of the molecule is COc1cc(-c2cc(C)c(C)cc2O)cc(OC)c1O. The van der Waals surface area contributed by atoms with Crippen molar-refractivity contribution in [3.8, 4) is 34.1 Å². The largest absolute Gasteiger partial charge is 0.507 e. The van der Waals surface area contributed by atoms with Crippen LogP contribution in [0.15, 0.2) is 24.3 Å².